The van der Waals surface area contributed by atoms with Gasteiger partial charge in [-0.15, -0.1) is 0 Å². The molecule has 4 rings (SSSR count). The van der Waals surface area contributed by atoms with Gasteiger partial charge < -0.3 is 14.8 Å². The normalized spacial score (nSPS) is 15.0. The highest BCUT2D eigenvalue weighted by Gasteiger charge is 2.28. The second-order valence-electron chi connectivity index (χ2n) is 7.61. The van der Waals surface area contributed by atoms with Gasteiger partial charge in [0.25, 0.3) is 10.0 Å². The lowest BCUT2D eigenvalue weighted by molar-refractivity contribution is -0.120. The highest BCUT2D eigenvalue weighted by Crippen LogP contribution is 2.30. The Hall–Kier alpha value is -3.23. The summed E-state index contributed by atoms with van der Waals surface area (Å²) in [6.07, 6.45) is -0.385. The fourth-order valence-corrected chi connectivity index (χ4v) is 4.95. The van der Waals surface area contributed by atoms with Gasteiger partial charge in [-0.05, 0) is 61.0 Å². The number of hydrogen-bond donors (Lipinski definition) is 1. The molecule has 0 saturated carbocycles. The number of sulfonamides is 1. The number of anilines is 1. The van der Waals surface area contributed by atoms with Crippen molar-refractivity contribution in [2.75, 3.05) is 24.0 Å². The zero-order chi connectivity index (χ0) is 23.4. The first kappa shape index (κ1) is 22.9. The van der Waals surface area contributed by atoms with Crippen LogP contribution < -0.4 is 19.1 Å². The Morgan fingerprint density at radius 1 is 1.06 bits per heavy atom. The molecule has 1 atom stereocenters. The van der Waals surface area contributed by atoms with E-state index in [9.17, 15) is 13.2 Å². The van der Waals surface area contributed by atoms with Crippen LogP contribution in [0.25, 0.3) is 0 Å². The molecule has 1 heterocycles. The van der Waals surface area contributed by atoms with E-state index >= 15 is 0 Å². The lowest BCUT2D eigenvalue weighted by Crippen LogP contribution is -2.45. The van der Waals surface area contributed by atoms with Crippen LogP contribution in [0.4, 0.5) is 5.69 Å². The zero-order valence-electron chi connectivity index (χ0n) is 17.9. The summed E-state index contributed by atoms with van der Waals surface area (Å²) in [6.45, 7) is 1.92. The average molecular weight is 487 g/mol. The van der Waals surface area contributed by atoms with Gasteiger partial charge in [0.15, 0.2) is 11.5 Å². The number of amides is 1. The van der Waals surface area contributed by atoms with E-state index in [2.05, 4.69) is 5.32 Å². The van der Waals surface area contributed by atoms with Crippen LogP contribution in [-0.2, 0) is 14.8 Å². The van der Waals surface area contributed by atoms with Crippen LogP contribution in [0, 0.1) is 6.92 Å². The van der Waals surface area contributed by atoms with Crippen molar-refractivity contribution >= 4 is 33.2 Å². The third-order valence-electron chi connectivity index (χ3n) is 5.07. The number of nitrogens with zero attached hydrogens (tertiary/aromatic N) is 1. The number of nitrogens with one attached hydrogen (secondary N) is 1. The van der Waals surface area contributed by atoms with Crippen LogP contribution in [0.3, 0.4) is 0 Å². The lowest BCUT2D eigenvalue weighted by Gasteiger charge is -2.27. The van der Waals surface area contributed by atoms with Gasteiger partial charge in [0.1, 0.15) is 19.3 Å². The zero-order valence-corrected chi connectivity index (χ0v) is 19.5. The van der Waals surface area contributed by atoms with Gasteiger partial charge in [0, 0.05) is 5.02 Å². The van der Waals surface area contributed by atoms with Crippen molar-refractivity contribution in [2.45, 2.75) is 17.9 Å². The Balaban J connectivity index is 1.49. The number of halogens is 1. The first-order valence-electron chi connectivity index (χ1n) is 10.3. The van der Waals surface area contributed by atoms with Crippen molar-refractivity contribution in [1.82, 2.24) is 5.32 Å². The molecular weight excluding hydrogens is 464 g/mol. The first-order valence-corrected chi connectivity index (χ1v) is 12.1. The number of carbonyl (C=O) groups is 1. The van der Waals surface area contributed by atoms with Gasteiger partial charge >= 0.3 is 0 Å². The second kappa shape index (κ2) is 9.72. The number of hydrogen-bond acceptors (Lipinski definition) is 5. The standard InChI is InChI=1S/C24H23ClN2O5S/c1-17-5-4-6-19(13-17)27(33(29,30)21-11-9-18(25)10-12-21)15-24(28)26-14-20-16-31-22-7-2-3-8-23(22)32-20/h2-13,20H,14-16H2,1H3,(H,26,28)/t20-/m1/s1. The number of carbonyl (C=O) groups excluding carboxylic acids is 1. The minimum absolute atomic E-state index is 0.0434. The first-order chi connectivity index (χ1) is 15.8. The summed E-state index contributed by atoms with van der Waals surface area (Å²) >= 11 is 5.92. The molecule has 0 saturated heterocycles. The van der Waals surface area contributed by atoms with Crippen molar-refractivity contribution in [3.05, 3.63) is 83.4 Å². The maximum Gasteiger partial charge on any atom is 0.264 e. The maximum absolute atomic E-state index is 13.4. The highest BCUT2D eigenvalue weighted by atomic mass is 35.5. The summed E-state index contributed by atoms with van der Waals surface area (Å²) in [5.74, 6) is 0.797. The van der Waals surface area contributed by atoms with Crippen LogP contribution in [0.15, 0.2) is 77.7 Å². The third kappa shape index (κ3) is 5.40. The summed E-state index contributed by atoms with van der Waals surface area (Å²) in [5.41, 5.74) is 1.27. The van der Waals surface area contributed by atoms with Crippen LogP contribution in [0.2, 0.25) is 5.02 Å². The Bertz CT molecular complexity index is 1250. The molecule has 0 spiro atoms. The van der Waals surface area contributed by atoms with Crippen molar-refractivity contribution in [3.63, 3.8) is 0 Å². The van der Waals surface area contributed by atoms with E-state index in [1.54, 1.807) is 24.3 Å². The van der Waals surface area contributed by atoms with Crippen LogP contribution in [-0.4, -0.2) is 40.1 Å². The maximum atomic E-state index is 13.4. The molecule has 1 aliphatic rings. The van der Waals surface area contributed by atoms with E-state index in [1.807, 2.05) is 31.2 Å². The van der Waals surface area contributed by atoms with Crippen LogP contribution >= 0.6 is 11.6 Å². The van der Waals surface area contributed by atoms with Gasteiger partial charge in [0.05, 0.1) is 17.1 Å². The predicted octanol–water partition coefficient (Wildman–Crippen LogP) is 3.80. The minimum atomic E-state index is -4.01. The Morgan fingerprint density at radius 3 is 2.52 bits per heavy atom. The smallest absolute Gasteiger partial charge is 0.264 e. The van der Waals surface area contributed by atoms with Crippen molar-refractivity contribution in [3.8, 4) is 11.5 Å². The second-order valence-corrected chi connectivity index (χ2v) is 9.91. The number of aryl methyl sites for hydroxylation is 1. The molecule has 1 N–H and O–H groups in total. The molecule has 1 aliphatic heterocycles. The Labute approximate surface area is 197 Å². The fourth-order valence-electron chi connectivity index (χ4n) is 3.41. The predicted molar refractivity (Wildman–Crippen MR) is 127 cm³/mol. The quantitative estimate of drug-likeness (QED) is 0.549. The van der Waals surface area contributed by atoms with Gasteiger partial charge in [0.2, 0.25) is 5.91 Å². The number of ether oxygens (including phenoxy) is 2. The summed E-state index contributed by atoms with van der Waals surface area (Å²) in [4.78, 5) is 12.8. The van der Waals surface area contributed by atoms with E-state index < -0.39 is 22.5 Å². The van der Waals surface area contributed by atoms with E-state index in [-0.39, 0.29) is 24.2 Å². The molecule has 9 heteroatoms. The molecule has 3 aromatic rings. The third-order valence-corrected chi connectivity index (χ3v) is 7.11. The molecule has 0 aliphatic carbocycles. The molecule has 33 heavy (non-hydrogen) atoms. The highest BCUT2D eigenvalue weighted by molar-refractivity contribution is 7.92. The molecule has 172 valence electrons. The van der Waals surface area contributed by atoms with Gasteiger partial charge in [-0.25, -0.2) is 8.42 Å². The molecule has 0 unspecified atom stereocenters. The Kier molecular flexibility index (Phi) is 6.76. The fraction of sp³-hybridized carbons (Fsp3) is 0.208. The van der Waals surface area contributed by atoms with E-state index in [0.29, 0.717) is 22.2 Å². The largest absolute Gasteiger partial charge is 0.486 e. The van der Waals surface area contributed by atoms with E-state index in [1.165, 1.54) is 24.3 Å². The Morgan fingerprint density at radius 2 is 1.79 bits per heavy atom. The minimum Gasteiger partial charge on any atom is -0.486 e. The van der Waals surface area contributed by atoms with Crippen LogP contribution in [0.5, 0.6) is 11.5 Å². The lowest BCUT2D eigenvalue weighted by atomic mass is 10.2. The van der Waals surface area contributed by atoms with E-state index in [0.717, 1.165) is 9.87 Å². The molecule has 0 bridgehead atoms. The summed E-state index contributed by atoms with van der Waals surface area (Å²) in [7, 11) is -4.01. The number of rotatable bonds is 7. The summed E-state index contributed by atoms with van der Waals surface area (Å²) < 4.78 is 39.4. The van der Waals surface area contributed by atoms with E-state index in [4.69, 9.17) is 21.1 Å². The number of fused-ring (bicyclic) bond motifs is 1. The molecule has 7 nitrogen and oxygen atoms in total. The molecular formula is C24H23ClN2O5S. The van der Waals surface area contributed by atoms with Gasteiger partial charge in [-0.3, -0.25) is 9.10 Å². The summed E-state index contributed by atoms with van der Waals surface area (Å²) in [5, 5.41) is 3.18. The summed E-state index contributed by atoms with van der Waals surface area (Å²) in [6, 6.07) is 20.1. The topological polar surface area (TPSA) is 84.9 Å². The van der Waals surface area contributed by atoms with Gasteiger partial charge in [-0.1, -0.05) is 35.9 Å². The molecule has 1 amide bonds. The van der Waals surface area contributed by atoms with Crippen molar-refractivity contribution in [1.29, 1.82) is 0 Å². The molecule has 0 fully saturated rings. The molecule has 3 aromatic carbocycles. The van der Waals surface area contributed by atoms with Crippen molar-refractivity contribution < 1.29 is 22.7 Å². The SMILES string of the molecule is Cc1cccc(N(CC(=O)NC[C@@H]2COc3ccccc3O2)S(=O)(=O)c2ccc(Cl)cc2)c1. The monoisotopic (exact) mass is 486 g/mol. The number of benzene rings is 3. The van der Waals surface area contributed by atoms with Crippen molar-refractivity contribution in [2.24, 2.45) is 0 Å². The van der Waals surface area contributed by atoms with Crippen LogP contribution in [0.1, 0.15) is 5.56 Å². The molecule has 0 radical (unpaired) electrons. The molecule has 0 aromatic heterocycles. The average Bonchev–Trinajstić information content (AvgIpc) is 2.81. The number of para-hydroxylation sites is 2. The van der Waals surface area contributed by atoms with Gasteiger partial charge in [-0.2, -0.15) is 0 Å².